The van der Waals surface area contributed by atoms with Gasteiger partial charge in [0.1, 0.15) is 11.9 Å². The van der Waals surface area contributed by atoms with E-state index in [1.165, 1.54) is 18.3 Å². The number of rotatable bonds is 1. The minimum absolute atomic E-state index is 0.0705. The van der Waals surface area contributed by atoms with E-state index in [0.717, 1.165) is 17.2 Å². The summed E-state index contributed by atoms with van der Waals surface area (Å²) in [6.45, 7) is 3.83. The monoisotopic (exact) mass is 328 g/mol. The number of hydrogen-bond acceptors (Lipinski definition) is 4. The average molecular weight is 328 g/mol. The molecule has 0 spiro atoms. The van der Waals surface area contributed by atoms with Crippen LogP contribution in [0.1, 0.15) is 11.1 Å². The zero-order chi connectivity index (χ0) is 16.8. The van der Waals surface area contributed by atoms with Gasteiger partial charge in [0.25, 0.3) is 0 Å². The van der Waals surface area contributed by atoms with Crippen molar-refractivity contribution in [3.63, 3.8) is 0 Å². The van der Waals surface area contributed by atoms with Gasteiger partial charge in [-0.3, -0.25) is 0 Å². The van der Waals surface area contributed by atoms with Crippen LogP contribution in [0.5, 0.6) is 0 Å². The molecule has 1 aliphatic heterocycles. The molecule has 0 aliphatic carbocycles. The van der Waals surface area contributed by atoms with Gasteiger partial charge in [0.05, 0.1) is 10.6 Å². The number of anilines is 2. The number of allylic oxidation sites excluding steroid dienone is 1. The molecular formula is C17H13FN2O2S. The number of benzene rings is 2. The van der Waals surface area contributed by atoms with Crippen LogP contribution < -0.4 is 4.90 Å². The lowest BCUT2D eigenvalue weighted by Crippen LogP contribution is -2.22. The van der Waals surface area contributed by atoms with Gasteiger partial charge < -0.3 is 4.90 Å². The Labute approximate surface area is 134 Å². The quantitative estimate of drug-likeness (QED) is 0.748. The number of fused-ring (bicyclic) bond motifs is 1. The standard InChI is InChI=1S/C17H13FN2O2S/c1-11-4-3-5-15(12(11)2)20-10-14(9-19)23(21,22)17-7-6-13(18)8-16(17)20/h3-8,10H,1-2H3. The molecule has 6 heteroatoms. The highest BCUT2D eigenvalue weighted by Gasteiger charge is 2.32. The second-order valence-electron chi connectivity index (χ2n) is 5.31. The van der Waals surface area contributed by atoms with E-state index < -0.39 is 15.7 Å². The lowest BCUT2D eigenvalue weighted by molar-refractivity contribution is 0.600. The van der Waals surface area contributed by atoms with Crippen molar-refractivity contribution >= 4 is 21.2 Å². The van der Waals surface area contributed by atoms with Crippen molar-refractivity contribution in [2.45, 2.75) is 18.7 Å². The highest BCUT2D eigenvalue weighted by molar-refractivity contribution is 7.95. The van der Waals surface area contributed by atoms with E-state index in [-0.39, 0.29) is 15.5 Å². The maximum Gasteiger partial charge on any atom is 0.220 e. The Balaban J connectivity index is 2.36. The molecular weight excluding hydrogens is 315 g/mol. The van der Waals surface area contributed by atoms with Gasteiger partial charge in [-0.15, -0.1) is 0 Å². The second kappa shape index (κ2) is 5.21. The highest BCUT2D eigenvalue weighted by atomic mass is 32.2. The van der Waals surface area contributed by atoms with Crippen molar-refractivity contribution in [1.29, 1.82) is 5.26 Å². The molecule has 2 aromatic rings. The molecule has 0 aromatic heterocycles. The van der Waals surface area contributed by atoms with Crippen LogP contribution >= 0.6 is 0 Å². The van der Waals surface area contributed by atoms with Crippen LogP contribution in [0.4, 0.5) is 15.8 Å². The second-order valence-corrected chi connectivity index (χ2v) is 7.20. The van der Waals surface area contributed by atoms with Crippen LogP contribution in [0.15, 0.2) is 52.4 Å². The summed E-state index contributed by atoms with van der Waals surface area (Å²) in [5.41, 5.74) is 2.86. The number of hydrogen-bond donors (Lipinski definition) is 0. The van der Waals surface area contributed by atoms with Crippen molar-refractivity contribution in [3.8, 4) is 6.07 Å². The third kappa shape index (κ3) is 2.30. The minimum atomic E-state index is -3.92. The van der Waals surface area contributed by atoms with E-state index in [0.29, 0.717) is 5.69 Å². The molecule has 0 radical (unpaired) electrons. The summed E-state index contributed by atoms with van der Waals surface area (Å²) >= 11 is 0. The molecule has 4 nitrogen and oxygen atoms in total. The highest BCUT2D eigenvalue weighted by Crippen LogP contribution is 2.41. The van der Waals surface area contributed by atoms with Crippen LogP contribution in [0.2, 0.25) is 0 Å². The zero-order valence-corrected chi connectivity index (χ0v) is 13.4. The summed E-state index contributed by atoms with van der Waals surface area (Å²) < 4.78 is 38.6. The first-order chi connectivity index (χ1) is 10.9. The molecule has 3 rings (SSSR count). The molecule has 23 heavy (non-hydrogen) atoms. The van der Waals surface area contributed by atoms with Gasteiger partial charge in [-0.2, -0.15) is 5.26 Å². The lowest BCUT2D eigenvalue weighted by Gasteiger charge is -2.29. The molecule has 0 atom stereocenters. The van der Waals surface area contributed by atoms with E-state index >= 15 is 0 Å². The summed E-state index contributed by atoms with van der Waals surface area (Å²) in [7, 11) is -3.92. The normalized spacial score (nSPS) is 15.6. The van der Waals surface area contributed by atoms with Crippen LogP contribution in [0, 0.1) is 31.0 Å². The van der Waals surface area contributed by atoms with Gasteiger partial charge in [-0.25, -0.2) is 12.8 Å². The number of sulfone groups is 1. The first-order valence-corrected chi connectivity index (χ1v) is 8.36. The third-order valence-corrected chi connectivity index (χ3v) is 5.65. The SMILES string of the molecule is Cc1cccc(N2C=C(C#N)S(=O)(=O)c3ccc(F)cc32)c1C. The van der Waals surface area contributed by atoms with Crippen molar-refractivity contribution in [3.05, 3.63) is 64.4 Å². The Morgan fingerprint density at radius 2 is 1.87 bits per heavy atom. The minimum Gasteiger partial charge on any atom is -0.313 e. The van der Waals surface area contributed by atoms with Crippen LogP contribution in [0.3, 0.4) is 0 Å². The first-order valence-electron chi connectivity index (χ1n) is 6.88. The van der Waals surface area contributed by atoms with Crippen LogP contribution in [0.25, 0.3) is 0 Å². The Morgan fingerprint density at radius 3 is 2.57 bits per heavy atom. The molecule has 1 heterocycles. The molecule has 1 aliphatic rings. The summed E-state index contributed by atoms with van der Waals surface area (Å²) in [4.78, 5) is 1.12. The van der Waals surface area contributed by atoms with E-state index in [9.17, 15) is 18.1 Å². The van der Waals surface area contributed by atoms with Crippen LogP contribution in [-0.4, -0.2) is 8.42 Å². The van der Waals surface area contributed by atoms with Gasteiger partial charge in [0.15, 0.2) is 4.91 Å². The summed E-state index contributed by atoms with van der Waals surface area (Å²) in [6.07, 6.45) is 1.25. The van der Waals surface area contributed by atoms with E-state index in [4.69, 9.17) is 0 Å². The average Bonchev–Trinajstić information content (AvgIpc) is 2.50. The predicted molar refractivity (Wildman–Crippen MR) is 85.3 cm³/mol. The fourth-order valence-electron chi connectivity index (χ4n) is 2.57. The first kappa shape index (κ1) is 15.3. The van der Waals surface area contributed by atoms with Crippen LogP contribution in [-0.2, 0) is 9.84 Å². The largest absolute Gasteiger partial charge is 0.313 e. The topological polar surface area (TPSA) is 61.2 Å². The smallest absolute Gasteiger partial charge is 0.220 e. The molecule has 2 aromatic carbocycles. The molecule has 0 fully saturated rings. The number of aryl methyl sites for hydroxylation is 1. The van der Waals surface area contributed by atoms with Crippen molar-refractivity contribution in [2.75, 3.05) is 4.90 Å². The fourth-order valence-corrected chi connectivity index (χ4v) is 3.85. The molecule has 0 saturated carbocycles. The van der Waals surface area contributed by atoms with Gasteiger partial charge in [0.2, 0.25) is 9.84 Å². The van der Waals surface area contributed by atoms with E-state index in [1.807, 2.05) is 26.0 Å². The Bertz CT molecular complexity index is 988. The molecule has 0 unspecified atom stereocenters. The van der Waals surface area contributed by atoms with E-state index in [1.54, 1.807) is 17.0 Å². The zero-order valence-electron chi connectivity index (χ0n) is 12.5. The van der Waals surface area contributed by atoms with Crippen molar-refractivity contribution in [1.82, 2.24) is 0 Å². The molecule has 0 saturated heterocycles. The summed E-state index contributed by atoms with van der Waals surface area (Å²) in [5, 5.41) is 9.20. The molecule has 0 N–H and O–H groups in total. The van der Waals surface area contributed by atoms with Gasteiger partial charge in [-0.05, 0) is 49.2 Å². The molecule has 116 valence electrons. The summed E-state index contributed by atoms with van der Waals surface area (Å²) in [6, 6.07) is 10.7. The van der Waals surface area contributed by atoms with Crippen molar-refractivity contribution < 1.29 is 12.8 Å². The van der Waals surface area contributed by atoms with Crippen molar-refractivity contribution in [2.24, 2.45) is 0 Å². The fraction of sp³-hybridized carbons (Fsp3) is 0.118. The summed E-state index contributed by atoms with van der Waals surface area (Å²) in [5.74, 6) is -0.539. The Morgan fingerprint density at radius 1 is 1.13 bits per heavy atom. The number of nitriles is 1. The van der Waals surface area contributed by atoms with Gasteiger partial charge in [0, 0.05) is 11.9 Å². The van der Waals surface area contributed by atoms with Gasteiger partial charge >= 0.3 is 0 Å². The number of nitrogens with zero attached hydrogens (tertiary/aromatic N) is 2. The molecule has 0 bridgehead atoms. The van der Waals surface area contributed by atoms with E-state index in [2.05, 4.69) is 0 Å². The maximum absolute atomic E-state index is 13.7. The Hall–Kier alpha value is -2.65. The number of halogens is 1. The molecule has 0 amide bonds. The lowest BCUT2D eigenvalue weighted by atomic mass is 10.1. The predicted octanol–water partition coefficient (Wildman–Crippen LogP) is 3.73. The Kier molecular flexibility index (Phi) is 3.46. The maximum atomic E-state index is 13.7. The third-order valence-electron chi connectivity index (χ3n) is 3.95. The van der Waals surface area contributed by atoms with Gasteiger partial charge in [-0.1, -0.05) is 12.1 Å².